The molecule has 1 nitrogen and oxygen atoms in total. The summed E-state index contributed by atoms with van der Waals surface area (Å²) in [5.74, 6) is 0. The number of hydrogen-bond donors (Lipinski definition) is 0. The van der Waals surface area contributed by atoms with Crippen LogP contribution in [0, 0.1) is 7.05 Å². The molecule has 0 heterocycles. The maximum absolute atomic E-state index is 4.04. The topological polar surface area (TPSA) is 3.24 Å². The zero-order chi connectivity index (χ0) is 9.90. The van der Waals surface area contributed by atoms with Crippen LogP contribution in [0.1, 0.15) is 26.3 Å². The molecule has 0 fully saturated rings. The van der Waals surface area contributed by atoms with Gasteiger partial charge in [-0.05, 0) is 26.3 Å². The lowest BCUT2D eigenvalue weighted by Crippen LogP contribution is -2.35. The van der Waals surface area contributed by atoms with Crippen LogP contribution in [0.25, 0.3) is 0 Å². The molecular formula is C12H18N. The summed E-state index contributed by atoms with van der Waals surface area (Å²) in [7, 11) is 4.04. The SMILES string of the molecule is [CH2]N(Cc1ccccc1)C(C)(C)C. The highest BCUT2D eigenvalue weighted by Gasteiger charge is 2.16. The summed E-state index contributed by atoms with van der Waals surface area (Å²) in [6, 6.07) is 10.4. The van der Waals surface area contributed by atoms with Crippen molar-refractivity contribution in [2.45, 2.75) is 32.9 Å². The lowest BCUT2D eigenvalue weighted by molar-refractivity contribution is 0.193. The highest BCUT2D eigenvalue weighted by Crippen LogP contribution is 2.15. The maximum atomic E-state index is 4.04. The molecule has 0 atom stereocenters. The van der Waals surface area contributed by atoms with Crippen LogP contribution < -0.4 is 0 Å². The summed E-state index contributed by atoms with van der Waals surface area (Å²) in [6.07, 6.45) is 0. The van der Waals surface area contributed by atoms with Gasteiger partial charge >= 0.3 is 0 Å². The second-order valence-corrected chi connectivity index (χ2v) is 4.35. The van der Waals surface area contributed by atoms with E-state index in [0.717, 1.165) is 6.54 Å². The van der Waals surface area contributed by atoms with E-state index in [2.05, 4.69) is 57.0 Å². The Morgan fingerprint density at radius 1 is 1.15 bits per heavy atom. The normalized spacial score (nSPS) is 12.1. The van der Waals surface area contributed by atoms with Gasteiger partial charge in [0.15, 0.2) is 0 Å². The smallest absolute Gasteiger partial charge is 0.0239 e. The molecule has 0 spiro atoms. The van der Waals surface area contributed by atoms with Crippen molar-refractivity contribution in [2.24, 2.45) is 0 Å². The number of rotatable bonds is 2. The highest BCUT2D eigenvalue weighted by molar-refractivity contribution is 5.14. The largest absolute Gasteiger partial charge is 0.293 e. The zero-order valence-corrected chi connectivity index (χ0v) is 8.75. The first-order valence-corrected chi connectivity index (χ1v) is 4.62. The molecule has 0 aliphatic heterocycles. The maximum Gasteiger partial charge on any atom is 0.0239 e. The summed E-state index contributed by atoms with van der Waals surface area (Å²) in [5, 5.41) is 0. The Morgan fingerprint density at radius 3 is 2.15 bits per heavy atom. The summed E-state index contributed by atoms with van der Waals surface area (Å²) in [5.41, 5.74) is 1.45. The van der Waals surface area contributed by atoms with Crippen molar-refractivity contribution < 1.29 is 0 Å². The molecule has 0 N–H and O–H groups in total. The van der Waals surface area contributed by atoms with Gasteiger partial charge in [-0.2, -0.15) is 0 Å². The molecule has 0 amide bonds. The zero-order valence-electron chi connectivity index (χ0n) is 8.75. The monoisotopic (exact) mass is 176 g/mol. The van der Waals surface area contributed by atoms with Gasteiger partial charge in [0.25, 0.3) is 0 Å². The second-order valence-electron chi connectivity index (χ2n) is 4.35. The molecule has 0 saturated carbocycles. The van der Waals surface area contributed by atoms with Gasteiger partial charge in [-0.15, -0.1) is 0 Å². The lowest BCUT2D eigenvalue weighted by atomic mass is 10.1. The molecule has 13 heavy (non-hydrogen) atoms. The molecule has 0 aliphatic carbocycles. The molecule has 1 aromatic rings. The Labute approximate surface area is 81.4 Å². The van der Waals surface area contributed by atoms with E-state index in [4.69, 9.17) is 0 Å². The molecule has 1 rings (SSSR count). The van der Waals surface area contributed by atoms with E-state index in [1.165, 1.54) is 5.56 Å². The minimum atomic E-state index is 0.135. The third-order valence-corrected chi connectivity index (χ3v) is 2.16. The lowest BCUT2D eigenvalue weighted by Gasteiger charge is -2.31. The molecule has 0 saturated heterocycles. The predicted octanol–water partition coefficient (Wildman–Crippen LogP) is 3.08. The van der Waals surface area contributed by atoms with Crippen molar-refractivity contribution >= 4 is 0 Å². The van der Waals surface area contributed by atoms with E-state index in [0.29, 0.717) is 0 Å². The van der Waals surface area contributed by atoms with Crippen LogP contribution in [-0.4, -0.2) is 10.4 Å². The van der Waals surface area contributed by atoms with Crippen LogP contribution in [0.3, 0.4) is 0 Å². The van der Waals surface area contributed by atoms with Gasteiger partial charge in [-0.25, -0.2) is 0 Å². The van der Waals surface area contributed by atoms with Gasteiger partial charge in [-0.1, -0.05) is 30.3 Å². The Morgan fingerprint density at radius 2 is 1.69 bits per heavy atom. The molecule has 71 valence electrons. The highest BCUT2D eigenvalue weighted by atomic mass is 15.1. The van der Waals surface area contributed by atoms with E-state index in [1.807, 2.05) is 6.07 Å². The van der Waals surface area contributed by atoms with E-state index in [1.54, 1.807) is 0 Å². The van der Waals surface area contributed by atoms with Crippen LogP contribution in [-0.2, 0) is 6.54 Å². The van der Waals surface area contributed by atoms with E-state index in [9.17, 15) is 0 Å². The average Bonchev–Trinajstić information content (AvgIpc) is 2.04. The fraction of sp³-hybridized carbons (Fsp3) is 0.417. The molecule has 1 heteroatoms. The Hall–Kier alpha value is -0.820. The first-order chi connectivity index (χ1) is 6.00. The molecule has 1 aromatic carbocycles. The molecular weight excluding hydrogens is 158 g/mol. The molecule has 1 radical (unpaired) electrons. The fourth-order valence-corrected chi connectivity index (χ4v) is 1.04. The molecule has 0 aliphatic rings. The van der Waals surface area contributed by atoms with Gasteiger partial charge < -0.3 is 0 Å². The van der Waals surface area contributed by atoms with Crippen molar-refractivity contribution in [3.05, 3.63) is 42.9 Å². The van der Waals surface area contributed by atoms with Crippen molar-refractivity contribution in [3.63, 3.8) is 0 Å². The Balaban J connectivity index is 2.61. The van der Waals surface area contributed by atoms with Gasteiger partial charge in [0.05, 0.1) is 0 Å². The van der Waals surface area contributed by atoms with Gasteiger partial charge in [-0.3, -0.25) is 4.90 Å². The van der Waals surface area contributed by atoms with Gasteiger partial charge in [0, 0.05) is 19.1 Å². The van der Waals surface area contributed by atoms with E-state index < -0.39 is 0 Å². The van der Waals surface area contributed by atoms with Crippen molar-refractivity contribution in [1.29, 1.82) is 0 Å². The summed E-state index contributed by atoms with van der Waals surface area (Å²) < 4.78 is 0. The van der Waals surface area contributed by atoms with Gasteiger partial charge in [0.1, 0.15) is 0 Å². The number of hydrogen-bond acceptors (Lipinski definition) is 1. The minimum absolute atomic E-state index is 0.135. The second kappa shape index (κ2) is 3.93. The Kier molecular flexibility index (Phi) is 3.10. The third-order valence-electron chi connectivity index (χ3n) is 2.16. The van der Waals surface area contributed by atoms with Crippen molar-refractivity contribution in [1.82, 2.24) is 4.90 Å². The quantitative estimate of drug-likeness (QED) is 0.669. The first-order valence-electron chi connectivity index (χ1n) is 4.62. The van der Waals surface area contributed by atoms with Crippen LogP contribution in [0.5, 0.6) is 0 Å². The predicted molar refractivity (Wildman–Crippen MR) is 57.1 cm³/mol. The average molecular weight is 176 g/mol. The molecule has 0 unspecified atom stereocenters. The molecule has 0 aromatic heterocycles. The van der Waals surface area contributed by atoms with Crippen LogP contribution >= 0.6 is 0 Å². The number of nitrogens with zero attached hydrogens (tertiary/aromatic N) is 1. The van der Waals surface area contributed by atoms with Crippen molar-refractivity contribution in [3.8, 4) is 0 Å². The van der Waals surface area contributed by atoms with Crippen molar-refractivity contribution in [2.75, 3.05) is 0 Å². The summed E-state index contributed by atoms with van der Waals surface area (Å²) >= 11 is 0. The minimum Gasteiger partial charge on any atom is -0.293 e. The molecule has 0 bridgehead atoms. The summed E-state index contributed by atoms with van der Waals surface area (Å²) in [6.45, 7) is 7.42. The standard InChI is InChI=1S/C12H18N/c1-12(2,3)13(4)10-11-8-6-5-7-9-11/h5-9H,4,10H2,1-3H3. The van der Waals surface area contributed by atoms with Crippen LogP contribution in [0.2, 0.25) is 0 Å². The van der Waals surface area contributed by atoms with Crippen LogP contribution in [0.4, 0.5) is 0 Å². The summed E-state index contributed by atoms with van der Waals surface area (Å²) in [4.78, 5) is 2.10. The fourth-order valence-electron chi connectivity index (χ4n) is 1.04. The van der Waals surface area contributed by atoms with Crippen LogP contribution in [0.15, 0.2) is 30.3 Å². The Bertz CT molecular complexity index is 246. The third kappa shape index (κ3) is 3.19. The number of benzene rings is 1. The van der Waals surface area contributed by atoms with E-state index in [-0.39, 0.29) is 5.54 Å². The first kappa shape index (κ1) is 10.3. The van der Waals surface area contributed by atoms with Gasteiger partial charge in [0.2, 0.25) is 0 Å². The van der Waals surface area contributed by atoms with E-state index >= 15 is 0 Å².